The first-order chi connectivity index (χ1) is 7.29. The summed E-state index contributed by atoms with van der Waals surface area (Å²) in [6.45, 7) is 4.63. The second-order valence-electron chi connectivity index (χ2n) is 3.14. The van der Waals surface area contributed by atoms with Gasteiger partial charge in [0.2, 0.25) is 0 Å². The number of nitrogens with zero attached hydrogens (tertiary/aromatic N) is 2. The number of aromatic nitrogens is 3. The van der Waals surface area contributed by atoms with Crippen molar-refractivity contribution in [1.29, 1.82) is 0 Å². The van der Waals surface area contributed by atoms with Crippen LogP contribution < -0.4 is 0 Å². The van der Waals surface area contributed by atoms with Gasteiger partial charge in [-0.25, -0.2) is 0 Å². The minimum Gasteiger partial charge on any atom is -0.383 e. The van der Waals surface area contributed by atoms with Gasteiger partial charge in [0.15, 0.2) is 10.6 Å². The highest BCUT2D eigenvalue weighted by Gasteiger charge is 2.05. The average Bonchev–Trinajstić information content (AvgIpc) is 2.58. The molecule has 1 heterocycles. The van der Waals surface area contributed by atoms with Crippen LogP contribution in [0, 0.1) is 4.77 Å². The Morgan fingerprint density at radius 1 is 1.47 bits per heavy atom. The summed E-state index contributed by atoms with van der Waals surface area (Å²) in [6, 6.07) is 0. The zero-order chi connectivity index (χ0) is 11.1. The predicted molar refractivity (Wildman–Crippen MR) is 59.2 cm³/mol. The van der Waals surface area contributed by atoms with Gasteiger partial charge in [0.25, 0.3) is 0 Å². The summed E-state index contributed by atoms with van der Waals surface area (Å²) in [6.07, 6.45) is 1.00. The van der Waals surface area contributed by atoms with Gasteiger partial charge in [-0.2, -0.15) is 5.10 Å². The number of rotatable bonds is 7. The lowest BCUT2D eigenvalue weighted by Crippen LogP contribution is -2.10. The Morgan fingerprint density at radius 3 is 2.93 bits per heavy atom. The van der Waals surface area contributed by atoms with E-state index in [0.29, 0.717) is 24.5 Å². The SMILES string of the molecule is CCCOCc1n[nH]c(=S)n1CCOC. The van der Waals surface area contributed by atoms with Crippen molar-refractivity contribution in [3.05, 3.63) is 10.6 Å². The van der Waals surface area contributed by atoms with Gasteiger partial charge < -0.3 is 9.47 Å². The molecular weight excluding hydrogens is 214 g/mol. The number of methoxy groups -OCH3 is 1. The summed E-state index contributed by atoms with van der Waals surface area (Å²) in [7, 11) is 1.66. The zero-order valence-corrected chi connectivity index (χ0v) is 9.97. The van der Waals surface area contributed by atoms with E-state index in [2.05, 4.69) is 17.1 Å². The quantitative estimate of drug-likeness (QED) is 0.571. The molecule has 0 aliphatic rings. The molecule has 86 valence electrons. The molecule has 0 bridgehead atoms. The van der Waals surface area contributed by atoms with Gasteiger partial charge in [-0.15, -0.1) is 0 Å². The molecule has 0 saturated heterocycles. The van der Waals surface area contributed by atoms with Gasteiger partial charge in [0.05, 0.1) is 13.2 Å². The highest BCUT2D eigenvalue weighted by molar-refractivity contribution is 7.71. The molecule has 0 fully saturated rings. The third-order valence-corrected chi connectivity index (χ3v) is 2.25. The van der Waals surface area contributed by atoms with Gasteiger partial charge in [-0.05, 0) is 18.6 Å². The standard InChI is InChI=1S/C9H17N3O2S/c1-3-5-14-7-8-10-11-9(15)12(8)4-6-13-2/h3-7H2,1-2H3,(H,11,15). The van der Waals surface area contributed by atoms with Crippen LogP contribution in [0.3, 0.4) is 0 Å². The molecule has 1 rings (SSSR count). The second kappa shape index (κ2) is 6.71. The van der Waals surface area contributed by atoms with E-state index in [1.165, 1.54) is 0 Å². The summed E-state index contributed by atoms with van der Waals surface area (Å²) in [5.74, 6) is 0.825. The van der Waals surface area contributed by atoms with Crippen molar-refractivity contribution < 1.29 is 9.47 Å². The van der Waals surface area contributed by atoms with E-state index in [-0.39, 0.29) is 0 Å². The van der Waals surface area contributed by atoms with Gasteiger partial charge in [0.1, 0.15) is 6.61 Å². The molecule has 0 spiro atoms. The number of H-pyrrole nitrogens is 1. The molecule has 6 heteroatoms. The molecule has 0 amide bonds. The van der Waals surface area contributed by atoms with Gasteiger partial charge in [0, 0.05) is 13.7 Å². The largest absolute Gasteiger partial charge is 0.383 e. The highest BCUT2D eigenvalue weighted by Crippen LogP contribution is 2.00. The molecule has 15 heavy (non-hydrogen) atoms. The van der Waals surface area contributed by atoms with Crippen molar-refractivity contribution in [1.82, 2.24) is 14.8 Å². The Morgan fingerprint density at radius 2 is 2.27 bits per heavy atom. The molecule has 0 aromatic carbocycles. The number of ether oxygens (including phenoxy) is 2. The molecule has 1 aromatic rings. The van der Waals surface area contributed by atoms with E-state index in [1.54, 1.807) is 7.11 Å². The molecule has 0 atom stereocenters. The van der Waals surface area contributed by atoms with Crippen LogP contribution in [0.2, 0.25) is 0 Å². The number of hydrogen-bond acceptors (Lipinski definition) is 4. The minimum absolute atomic E-state index is 0.491. The average molecular weight is 231 g/mol. The van der Waals surface area contributed by atoms with Crippen molar-refractivity contribution >= 4 is 12.2 Å². The lowest BCUT2D eigenvalue weighted by Gasteiger charge is -2.06. The Kier molecular flexibility index (Phi) is 5.52. The molecule has 0 aliphatic heterocycles. The third kappa shape index (κ3) is 3.73. The van der Waals surface area contributed by atoms with Crippen molar-refractivity contribution in [2.45, 2.75) is 26.5 Å². The number of nitrogens with one attached hydrogen (secondary N) is 1. The molecular formula is C9H17N3O2S. The van der Waals surface area contributed by atoms with Gasteiger partial charge >= 0.3 is 0 Å². The summed E-state index contributed by atoms with van der Waals surface area (Å²) in [4.78, 5) is 0. The first-order valence-electron chi connectivity index (χ1n) is 5.00. The Hall–Kier alpha value is -0.720. The summed E-state index contributed by atoms with van der Waals surface area (Å²) >= 11 is 5.10. The maximum Gasteiger partial charge on any atom is 0.195 e. The van der Waals surface area contributed by atoms with Gasteiger partial charge in [-0.3, -0.25) is 9.67 Å². The molecule has 0 aliphatic carbocycles. The highest BCUT2D eigenvalue weighted by atomic mass is 32.1. The van der Waals surface area contributed by atoms with Crippen LogP contribution in [0.5, 0.6) is 0 Å². The van der Waals surface area contributed by atoms with Crippen LogP contribution in [-0.4, -0.2) is 35.1 Å². The van der Waals surface area contributed by atoms with Crippen molar-refractivity contribution in [2.75, 3.05) is 20.3 Å². The summed E-state index contributed by atoms with van der Waals surface area (Å²) < 4.78 is 12.9. The van der Waals surface area contributed by atoms with Crippen LogP contribution in [-0.2, 0) is 22.6 Å². The van der Waals surface area contributed by atoms with Crippen LogP contribution in [0.1, 0.15) is 19.2 Å². The van der Waals surface area contributed by atoms with Crippen molar-refractivity contribution in [2.24, 2.45) is 0 Å². The van der Waals surface area contributed by atoms with E-state index >= 15 is 0 Å². The monoisotopic (exact) mass is 231 g/mol. The van der Waals surface area contributed by atoms with Crippen molar-refractivity contribution in [3.63, 3.8) is 0 Å². The maximum atomic E-state index is 5.41. The molecule has 1 N–H and O–H groups in total. The summed E-state index contributed by atoms with van der Waals surface area (Å²) in [5, 5.41) is 6.86. The van der Waals surface area contributed by atoms with E-state index in [4.69, 9.17) is 21.7 Å². The molecule has 0 radical (unpaired) electrons. The van der Waals surface area contributed by atoms with E-state index < -0.39 is 0 Å². The van der Waals surface area contributed by atoms with E-state index in [9.17, 15) is 0 Å². The van der Waals surface area contributed by atoms with Crippen LogP contribution in [0.25, 0.3) is 0 Å². The summed E-state index contributed by atoms with van der Waals surface area (Å²) in [5.41, 5.74) is 0. The predicted octanol–water partition coefficient (Wildman–Crippen LogP) is 1.51. The third-order valence-electron chi connectivity index (χ3n) is 1.94. The second-order valence-corrected chi connectivity index (χ2v) is 3.53. The maximum absolute atomic E-state index is 5.41. The van der Waals surface area contributed by atoms with Gasteiger partial charge in [-0.1, -0.05) is 6.92 Å². The Labute approximate surface area is 94.4 Å². The molecule has 5 nitrogen and oxygen atoms in total. The van der Waals surface area contributed by atoms with Crippen molar-refractivity contribution in [3.8, 4) is 0 Å². The van der Waals surface area contributed by atoms with E-state index in [1.807, 2.05) is 4.57 Å². The fourth-order valence-electron chi connectivity index (χ4n) is 1.18. The molecule has 0 unspecified atom stereocenters. The number of hydrogen-bond donors (Lipinski definition) is 1. The van der Waals surface area contributed by atoms with Crippen LogP contribution in [0.15, 0.2) is 0 Å². The van der Waals surface area contributed by atoms with Crippen LogP contribution >= 0.6 is 12.2 Å². The Bertz CT molecular complexity index is 334. The topological polar surface area (TPSA) is 52.1 Å². The Balaban J connectivity index is 2.58. The smallest absolute Gasteiger partial charge is 0.195 e. The normalized spacial score (nSPS) is 10.8. The fraction of sp³-hybridized carbons (Fsp3) is 0.778. The fourth-order valence-corrected chi connectivity index (χ4v) is 1.42. The lowest BCUT2D eigenvalue weighted by molar-refractivity contribution is 0.111. The minimum atomic E-state index is 0.491. The lowest BCUT2D eigenvalue weighted by atomic mass is 10.5. The molecule has 1 aromatic heterocycles. The zero-order valence-electron chi connectivity index (χ0n) is 9.15. The first-order valence-corrected chi connectivity index (χ1v) is 5.41. The van der Waals surface area contributed by atoms with E-state index in [0.717, 1.165) is 18.9 Å². The van der Waals surface area contributed by atoms with Crippen LogP contribution in [0.4, 0.5) is 0 Å². The first kappa shape index (κ1) is 12.4. The molecule has 0 saturated carbocycles. The number of aromatic amines is 1.